The maximum Gasteiger partial charge on any atom is 0.153 e. The third-order valence-electron chi connectivity index (χ3n) is 4.98. The van der Waals surface area contributed by atoms with Crippen LogP contribution in [0.5, 0.6) is 0 Å². The second-order valence-corrected chi connectivity index (χ2v) is 6.89. The second kappa shape index (κ2) is 8.25. The predicted molar refractivity (Wildman–Crippen MR) is 103 cm³/mol. The van der Waals surface area contributed by atoms with E-state index < -0.39 is 0 Å². The lowest BCUT2D eigenvalue weighted by molar-refractivity contribution is 0.190. The molecule has 0 unspecified atom stereocenters. The summed E-state index contributed by atoms with van der Waals surface area (Å²) in [5.41, 5.74) is 2.65. The molecule has 1 aliphatic rings. The van der Waals surface area contributed by atoms with Gasteiger partial charge in [-0.05, 0) is 55.3 Å². The van der Waals surface area contributed by atoms with Gasteiger partial charge in [0.2, 0.25) is 0 Å². The van der Waals surface area contributed by atoms with E-state index in [2.05, 4.69) is 62.8 Å². The third kappa shape index (κ3) is 4.36. The lowest BCUT2D eigenvalue weighted by Crippen LogP contribution is -2.41. The van der Waals surface area contributed by atoms with Gasteiger partial charge in [-0.3, -0.25) is 4.90 Å². The standard InChI is InChI=1S/C21H25N5/c1-2-5-18(6-3-1)17-25-13-8-20(9-14-25)23-16-19-7-11-22-21(15-19)26-12-4-10-24-26/h1-7,10-12,15,20,23H,8-9,13-14,16-17H2. The zero-order chi connectivity index (χ0) is 17.6. The van der Waals surface area contributed by atoms with Crippen molar-refractivity contribution in [1.29, 1.82) is 0 Å². The SMILES string of the molecule is c1ccc(CN2CCC(NCc3ccnc(-n4cccn4)c3)CC2)cc1. The van der Waals surface area contributed by atoms with Crippen molar-refractivity contribution in [2.75, 3.05) is 13.1 Å². The first-order chi connectivity index (χ1) is 12.9. The van der Waals surface area contributed by atoms with Gasteiger partial charge in [0.05, 0.1) is 0 Å². The Morgan fingerprint density at radius 3 is 2.58 bits per heavy atom. The van der Waals surface area contributed by atoms with Crippen LogP contribution < -0.4 is 5.32 Å². The van der Waals surface area contributed by atoms with Gasteiger partial charge in [0, 0.05) is 37.7 Å². The Balaban J connectivity index is 1.26. The number of hydrogen-bond acceptors (Lipinski definition) is 4. The zero-order valence-electron chi connectivity index (χ0n) is 15.0. The lowest BCUT2D eigenvalue weighted by Gasteiger charge is -2.32. The normalized spacial score (nSPS) is 16.0. The number of likely N-dealkylation sites (tertiary alicyclic amines) is 1. The summed E-state index contributed by atoms with van der Waals surface area (Å²) >= 11 is 0. The molecule has 4 rings (SSSR count). The van der Waals surface area contributed by atoms with E-state index in [1.807, 2.05) is 18.5 Å². The molecule has 0 atom stereocenters. The van der Waals surface area contributed by atoms with E-state index in [0.717, 1.165) is 32.0 Å². The molecule has 0 aliphatic carbocycles. The van der Waals surface area contributed by atoms with Gasteiger partial charge in [0.25, 0.3) is 0 Å². The minimum atomic E-state index is 0.586. The van der Waals surface area contributed by atoms with E-state index >= 15 is 0 Å². The number of piperidine rings is 1. The summed E-state index contributed by atoms with van der Waals surface area (Å²) in [5, 5.41) is 7.96. The molecule has 5 nitrogen and oxygen atoms in total. The van der Waals surface area contributed by atoms with E-state index in [9.17, 15) is 0 Å². The molecule has 1 saturated heterocycles. The van der Waals surface area contributed by atoms with Gasteiger partial charge in [-0.25, -0.2) is 9.67 Å². The lowest BCUT2D eigenvalue weighted by atomic mass is 10.0. The number of hydrogen-bond donors (Lipinski definition) is 1. The smallest absolute Gasteiger partial charge is 0.153 e. The van der Waals surface area contributed by atoms with Crippen LogP contribution in [0.1, 0.15) is 24.0 Å². The van der Waals surface area contributed by atoms with E-state index in [0.29, 0.717) is 6.04 Å². The molecular weight excluding hydrogens is 322 g/mol. The fourth-order valence-electron chi connectivity index (χ4n) is 3.50. The van der Waals surface area contributed by atoms with E-state index in [-0.39, 0.29) is 0 Å². The Hall–Kier alpha value is -2.50. The molecular formula is C21H25N5. The van der Waals surface area contributed by atoms with Crippen molar-refractivity contribution in [2.24, 2.45) is 0 Å². The monoisotopic (exact) mass is 347 g/mol. The molecule has 0 spiro atoms. The molecule has 134 valence electrons. The number of aromatic nitrogens is 3. The predicted octanol–water partition coefficient (Wildman–Crippen LogP) is 3.02. The minimum Gasteiger partial charge on any atom is -0.310 e. The molecule has 26 heavy (non-hydrogen) atoms. The Bertz CT molecular complexity index is 792. The highest BCUT2D eigenvalue weighted by atomic mass is 15.3. The van der Waals surface area contributed by atoms with Crippen LogP contribution in [0.15, 0.2) is 67.1 Å². The summed E-state index contributed by atoms with van der Waals surface area (Å²) in [6, 6.07) is 17.4. The number of benzene rings is 1. The summed E-state index contributed by atoms with van der Waals surface area (Å²) < 4.78 is 1.80. The van der Waals surface area contributed by atoms with Crippen LogP contribution in [-0.4, -0.2) is 38.8 Å². The first-order valence-electron chi connectivity index (χ1n) is 9.31. The quantitative estimate of drug-likeness (QED) is 0.744. The molecule has 2 aromatic heterocycles. The molecule has 0 amide bonds. The summed E-state index contributed by atoms with van der Waals surface area (Å²) in [6.07, 6.45) is 7.95. The Morgan fingerprint density at radius 1 is 0.962 bits per heavy atom. The second-order valence-electron chi connectivity index (χ2n) is 6.89. The Morgan fingerprint density at radius 2 is 1.81 bits per heavy atom. The molecule has 0 bridgehead atoms. The molecule has 1 aromatic carbocycles. The number of pyridine rings is 1. The average Bonchev–Trinajstić information content (AvgIpc) is 3.23. The van der Waals surface area contributed by atoms with Crippen molar-refractivity contribution in [3.05, 3.63) is 78.2 Å². The van der Waals surface area contributed by atoms with Crippen LogP contribution in [-0.2, 0) is 13.1 Å². The molecule has 0 radical (unpaired) electrons. The number of nitrogens with zero attached hydrogens (tertiary/aromatic N) is 4. The highest BCUT2D eigenvalue weighted by molar-refractivity contribution is 5.26. The summed E-state index contributed by atoms with van der Waals surface area (Å²) in [5.74, 6) is 0.868. The molecule has 1 N–H and O–H groups in total. The molecule has 5 heteroatoms. The molecule has 1 fully saturated rings. The number of nitrogens with one attached hydrogen (secondary N) is 1. The van der Waals surface area contributed by atoms with Crippen molar-refractivity contribution < 1.29 is 0 Å². The van der Waals surface area contributed by atoms with Gasteiger partial charge < -0.3 is 5.32 Å². The van der Waals surface area contributed by atoms with Gasteiger partial charge >= 0.3 is 0 Å². The van der Waals surface area contributed by atoms with Gasteiger partial charge in [0.15, 0.2) is 5.82 Å². The average molecular weight is 347 g/mol. The van der Waals surface area contributed by atoms with Gasteiger partial charge in [0.1, 0.15) is 0 Å². The first-order valence-corrected chi connectivity index (χ1v) is 9.31. The van der Waals surface area contributed by atoms with Crippen LogP contribution in [0, 0.1) is 0 Å². The summed E-state index contributed by atoms with van der Waals surface area (Å²) in [7, 11) is 0. The van der Waals surface area contributed by atoms with Crippen molar-refractivity contribution in [3.63, 3.8) is 0 Å². The maximum atomic E-state index is 4.39. The largest absolute Gasteiger partial charge is 0.310 e. The van der Waals surface area contributed by atoms with Crippen LogP contribution >= 0.6 is 0 Å². The minimum absolute atomic E-state index is 0.586. The Kier molecular flexibility index (Phi) is 5.38. The molecule has 3 heterocycles. The third-order valence-corrected chi connectivity index (χ3v) is 4.98. The van der Waals surface area contributed by atoms with Gasteiger partial charge in [-0.1, -0.05) is 30.3 Å². The van der Waals surface area contributed by atoms with Crippen LogP contribution in [0.4, 0.5) is 0 Å². The highest BCUT2D eigenvalue weighted by Gasteiger charge is 2.18. The summed E-state index contributed by atoms with van der Waals surface area (Å²) in [6.45, 7) is 4.24. The van der Waals surface area contributed by atoms with Crippen LogP contribution in [0.2, 0.25) is 0 Å². The molecule has 3 aromatic rings. The van der Waals surface area contributed by atoms with Crippen molar-refractivity contribution in [2.45, 2.75) is 32.0 Å². The molecule has 1 aliphatic heterocycles. The van der Waals surface area contributed by atoms with Crippen molar-refractivity contribution in [3.8, 4) is 5.82 Å². The molecule has 0 saturated carbocycles. The van der Waals surface area contributed by atoms with E-state index in [1.165, 1.54) is 24.0 Å². The fraction of sp³-hybridized carbons (Fsp3) is 0.333. The van der Waals surface area contributed by atoms with Crippen molar-refractivity contribution in [1.82, 2.24) is 25.0 Å². The van der Waals surface area contributed by atoms with E-state index in [4.69, 9.17) is 0 Å². The highest BCUT2D eigenvalue weighted by Crippen LogP contribution is 2.15. The number of rotatable bonds is 6. The van der Waals surface area contributed by atoms with Crippen molar-refractivity contribution >= 4 is 0 Å². The van der Waals surface area contributed by atoms with Gasteiger partial charge in [-0.2, -0.15) is 5.10 Å². The van der Waals surface area contributed by atoms with Gasteiger partial charge in [-0.15, -0.1) is 0 Å². The zero-order valence-corrected chi connectivity index (χ0v) is 15.0. The van der Waals surface area contributed by atoms with Crippen LogP contribution in [0.3, 0.4) is 0 Å². The fourth-order valence-corrected chi connectivity index (χ4v) is 3.50. The Labute approximate surface area is 154 Å². The summed E-state index contributed by atoms with van der Waals surface area (Å²) in [4.78, 5) is 6.94. The van der Waals surface area contributed by atoms with Crippen LogP contribution in [0.25, 0.3) is 5.82 Å². The first kappa shape index (κ1) is 16.9. The maximum absolute atomic E-state index is 4.39. The van der Waals surface area contributed by atoms with E-state index in [1.54, 1.807) is 10.9 Å². The topological polar surface area (TPSA) is 46.0 Å².